The third kappa shape index (κ3) is 30.4. The maximum Gasteiger partial charge on any atom is 0.329 e. The zero-order valence-electron chi connectivity index (χ0n) is 29.5. The van der Waals surface area contributed by atoms with Gasteiger partial charge in [-0.15, -0.1) is 0 Å². The number of nitrogens with one attached hydrogen (secondary N) is 1. The quantitative estimate of drug-likeness (QED) is 0.0569. The van der Waals surface area contributed by atoms with E-state index in [9.17, 15) is 14.4 Å². The van der Waals surface area contributed by atoms with Crippen molar-refractivity contribution in [3.05, 3.63) is 0 Å². The molecule has 1 atom stereocenters. The summed E-state index contributed by atoms with van der Waals surface area (Å²) in [4.78, 5) is 37.9. The van der Waals surface area contributed by atoms with Crippen LogP contribution < -0.4 is 5.32 Å². The molecular formula is C38H73NO5. The van der Waals surface area contributed by atoms with E-state index in [1.54, 1.807) is 0 Å². The minimum atomic E-state index is -0.976. The van der Waals surface area contributed by atoms with Crippen molar-refractivity contribution in [2.45, 2.75) is 213 Å². The molecule has 0 rings (SSSR count). The number of amides is 1. The number of ether oxygens (including phenoxy) is 2. The van der Waals surface area contributed by atoms with E-state index in [-0.39, 0.29) is 12.3 Å². The zero-order chi connectivity index (χ0) is 32.4. The minimum absolute atomic E-state index is 0.172. The highest BCUT2D eigenvalue weighted by Gasteiger charge is 2.26. The third-order valence-electron chi connectivity index (χ3n) is 8.50. The number of hydrogen-bond donors (Lipinski definition) is 1. The molecule has 6 nitrogen and oxygen atoms in total. The van der Waals surface area contributed by atoms with Crippen molar-refractivity contribution >= 4 is 17.8 Å². The van der Waals surface area contributed by atoms with Crippen molar-refractivity contribution in [1.29, 1.82) is 0 Å². The van der Waals surface area contributed by atoms with Gasteiger partial charge in [0, 0.05) is 6.42 Å². The Morgan fingerprint density at radius 3 is 1.23 bits per heavy atom. The summed E-state index contributed by atoms with van der Waals surface area (Å²) < 4.78 is 10.8. The van der Waals surface area contributed by atoms with Gasteiger partial charge in [0.25, 0.3) is 0 Å². The lowest BCUT2D eigenvalue weighted by atomic mass is 10.0. The van der Waals surface area contributed by atoms with Crippen molar-refractivity contribution in [3.63, 3.8) is 0 Å². The summed E-state index contributed by atoms with van der Waals surface area (Å²) in [6.07, 6.45) is 32.7. The summed E-state index contributed by atoms with van der Waals surface area (Å²) in [5.74, 6) is -1.17. The maximum atomic E-state index is 12.8. The molecule has 0 aromatic rings. The van der Waals surface area contributed by atoms with E-state index in [4.69, 9.17) is 9.47 Å². The largest absolute Gasteiger partial charge is 0.466 e. The molecule has 1 N–H and O–H groups in total. The Labute approximate surface area is 273 Å². The van der Waals surface area contributed by atoms with Crippen molar-refractivity contribution < 1.29 is 23.9 Å². The molecule has 44 heavy (non-hydrogen) atoms. The maximum absolute atomic E-state index is 12.8. The van der Waals surface area contributed by atoms with Crippen LogP contribution >= 0.6 is 0 Å². The molecule has 0 bridgehead atoms. The molecule has 0 aromatic heterocycles. The minimum Gasteiger partial charge on any atom is -0.466 e. The Balaban J connectivity index is 4.19. The first-order valence-electron chi connectivity index (χ1n) is 19.2. The Bertz CT molecular complexity index is 653. The molecule has 0 heterocycles. The number of rotatable bonds is 34. The van der Waals surface area contributed by atoms with Crippen molar-refractivity contribution in [2.24, 2.45) is 0 Å². The van der Waals surface area contributed by atoms with Crippen LogP contribution in [-0.2, 0) is 23.9 Å². The van der Waals surface area contributed by atoms with Gasteiger partial charge in [0.2, 0.25) is 5.91 Å². The molecule has 260 valence electrons. The third-order valence-corrected chi connectivity index (χ3v) is 8.50. The second-order valence-corrected chi connectivity index (χ2v) is 12.9. The monoisotopic (exact) mass is 624 g/mol. The molecule has 6 heteroatoms. The molecule has 0 spiro atoms. The lowest BCUT2D eigenvalue weighted by Gasteiger charge is -2.17. The molecular weight excluding hydrogens is 550 g/mol. The standard InChI is InChI=1S/C38H73NO5/c1-4-7-10-13-15-17-18-19-20-21-22-23-24-26-28-31-36(40)39-35(34-37(41)43-32-29-12-9-6-3)38(42)44-33-30-27-25-16-14-11-8-5-2/h35H,4-34H2,1-3H3,(H,39,40)/t35-/m0/s1. The molecule has 0 unspecified atom stereocenters. The van der Waals surface area contributed by atoms with Gasteiger partial charge in [-0.3, -0.25) is 9.59 Å². The lowest BCUT2D eigenvalue weighted by Crippen LogP contribution is -2.43. The van der Waals surface area contributed by atoms with Crippen molar-refractivity contribution in [1.82, 2.24) is 5.32 Å². The van der Waals surface area contributed by atoms with Crippen molar-refractivity contribution in [3.8, 4) is 0 Å². The number of esters is 2. The Kier molecular flexibility index (Phi) is 33.0. The molecule has 0 aromatic carbocycles. The number of unbranched alkanes of at least 4 members (excludes halogenated alkanes) is 24. The normalized spacial score (nSPS) is 11.8. The molecule has 0 aliphatic rings. The average molecular weight is 624 g/mol. The van der Waals surface area contributed by atoms with Crippen LogP contribution in [0.4, 0.5) is 0 Å². The van der Waals surface area contributed by atoms with Crippen LogP contribution in [0.1, 0.15) is 207 Å². The van der Waals surface area contributed by atoms with Gasteiger partial charge in [0.15, 0.2) is 0 Å². The molecule has 0 saturated heterocycles. The summed E-state index contributed by atoms with van der Waals surface area (Å²) >= 11 is 0. The number of carbonyl (C=O) groups excluding carboxylic acids is 3. The highest BCUT2D eigenvalue weighted by atomic mass is 16.5. The Morgan fingerprint density at radius 2 is 0.795 bits per heavy atom. The van der Waals surface area contributed by atoms with Gasteiger partial charge < -0.3 is 14.8 Å². The molecule has 0 radical (unpaired) electrons. The van der Waals surface area contributed by atoms with Gasteiger partial charge in [-0.1, -0.05) is 175 Å². The predicted octanol–water partition coefficient (Wildman–Crippen LogP) is 10.9. The van der Waals surface area contributed by atoms with E-state index < -0.39 is 18.0 Å². The second-order valence-electron chi connectivity index (χ2n) is 12.9. The van der Waals surface area contributed by atoms with Crippen molar-refractivity contribution in [2.75, 3.05) is 13.2 Å². The van der Waals surface area contributed by atoms with Gasteiger partial charge in [0.1, 0.15) is 6.04 Å². The van der Waals surface area contributed by atoms with Gasteiger partial charge >= 0.3 is 11.9 Å². The summed E-state index contributed by atoms with van der Waals surface area (Å²) in [5.41, 5.74) is 0. The fraction of sp³-hybridized carbons (Fsp3) is 0.921. The fourth-order valence-corrected chi connectivity index (χ4v) is 5.57. The smallest absolute Gasteiger partial charge is 0.329 e. The summed E-state index contributed by atoms with van der Waals surface area (Å²) in [6.45, 7) is 7.30. The average Bonchev–Trinajstić information content (AvgIpc) is 3.01. The first-order valence-corrected chi connectivity index (χ1v) is 19.2. The first-order chi connectivity index (χ1) is 21.5. The lowest BCUT2D eigenvalue weighted by molar-refractivity contribution is -0.154. The molecule has 0 saturated carbocycles. The Hall–Kier alpha value is -1.59. The van der Waals surface area contributed by atoms with Crippen LogP contribution in [0.3, 0.4) is 0 Å². The van der Waals surface area contributed by atoms with Gasteiger partial charge in [-0.2, -0.15) is 0 Å². The highest BCUT2D eigenvalue weighted by molar-refractivity contribution is 5.88. The van der Waals surface area contributed by atoms with Gasteiger partial charge in [0.05, 0.1) is 19.6 Å². The zero-order valence-corrected chi connectivity index (χ0v) is 29.5. The van der Waals surface area contributed by atoms with E-state index in [1.807, 2.05) is 0 Å². The first kappa shape index (κ1) is 42.4. The molecule has 0 aliphatic heterocycles. The molecule has 0 fully saturated rings. The number of hydrogen-bond acceptors (Lipinski definition) is 5. The highest BCUT2D eigenvalue weighted by Crippen LogP contribution is 2.14. The van der Waals surface area contributed by atoms with Crippen LogP contribution in [0.5, 0.6) is 0 Å². The summed E-state index contributed by atoms with van der Waals surface area (Å²) in [7, 11) is 0. The summed E-state index contributed by atoms with van der Waals surface area (Å²) in [5, 5.41) is 2.77. The second kappa shape index (κ2) is 34.3. The van der Waals surface area contributed by atoms with Crippen LogP contribution in [0.2, 0.25) is 0 Å². The van der Waals surface area contributed by atoms with E-state index in [2.05, 4.69) is 26.1 Å². The SMILES string of the molecule is CCCCCCCCCCCCCCCCCC(=O)N[C@@H](CC(=O)OCCCCCC)C(=O)OCCCCCCCCCC. The van der Waals surface area contributed by atoms with Crippen LogP contribution in [0.15, 0.2) is 0 Å². The molecule has 1 amide bonds. The van der Waals surface area contributed by atoms with E-state index >= 15 is 0 Å². The van der Waals surface area contributed by atoms with E-state index in [0.717, 1.165) is 64.2 Å². The van der Waals surface area contributed by atoms with E-state index in [0.29, 0.717) is 19.6 Å². The van der Waals surface area contributed by atoms with Crippen LogP contribution in [-0.4, -0.2) is 37.1 Å². The predicted molar refractivity (Wildman–Crippen MR) is 185 cm³/mol. The topological polar surface area (TPSA) is 81.7 Å². The van der Waals surface area contributed by atoms with Crippen LogP contribution in [0, 0.1) is 0 Å². The fourth-order valence-electron chi connectivity index (χ4n) is 5.57. The number of carbonyl (C=O) groups is 3. The summed E-state index contributed by atoms with van der Waals surface area (Å²) in [6, 6.07) is -0.976. The Morgan fingerprint density at radius 1 is 0.455 bits per heavy atom. The van der Waals surface area contributed by atoms with Gasteiger partial charge in [-0.25, -0.2) is 4.79 Å². The van der Waals surface area contributed by atoms with E-state index in [1.165, 1.54) is 109 Å². The van der Waals surface area contributed by atoms with Gasteiger partial charge in [-0.05, 0) is 19.3 Å². The van der Waals surface area contributed by atoms with Crippen LogP contribution in [0.25, 0.3) is 0 Å². The molecule has 0 aliphatic carbocycles.